The van der Waals surface area contributed by atoms with E-state index in [9.17, 15) is 9.90 Å². The number of likely N-dealkylation sites (tertiary alicyclic amines) is 1. The van der Waals surface area contributed by atoms with Crippen molar-refractivity contribution in [1.29, 1.82) is 0 Å². The van der Waals surface area contributed by atoms with Gasteiger partial charge in [-0.1, -0.05) is 31.0 Å². The molecule has 0 radical (unpaired) electrons. The largest absolute Gasteiger partial charge is 0.484 e. The number of amides is 1. The molecule has 1 amide bonds. The van der Waals surface area contributed by atoms with Crippen molar-refractivity contribution in [2.24, 2.45) is 11.8 Å². The zero-order valence-corrected chi connectivity index (χ0v) is 14.3. The number of carbonyl (C=O) groups excluding carboxylic acids is 1. The van der Waals surface area contributed by atoms with Gasteiger partial charge in [0.25, 0.3) is 5.91 Å². The summed E-state index contributed by atoms with van der Waals surface area (Å²) in [4.78, 5) is 14.3. The Bertz CT molecular complexity index is 579. The average Bonchev–Trinajstić information content (AvgIpc) is 2.99. The van der Waals surface area contributed by atoms with Crippen LogP contribution in [0.4, 0.5) is 0 Å². The first-order valence-corrected chi connectivity index (χ1v) is 8.78. The number of halogens is 1. The highest BCUT2D eigenvalue weighted by Crippen LogP contribution is 2.44. The number of aliphatic hydroxyl groups is 1. The summed E-state index contributed by atoms with van der Waals surface area (Å²) in [6.45, 7) is 3.44. The molecule has 1 aliphatic carbocycles. The Morgan fingerprint density at radius 1 is 1.48 bits per heavy atom. The first kappa shape index (κ1) is 16.6. The number of rotatable bonds is 4. The van der Waals surface area contributed by atoms with E-state index in [4.69, 9.17) is 16.3 Å². The van der Waals surface area contributed by atoms with Gasteiger partial charge in [0.15, 0.2) is 6.61 Å². The van der Waals surface area contributed by atoms with Gasteiger partial charge < -0.3 is 14.7 Å². The number of benzene rings is 1. The molecule has 0 bridgehead atoms. The molecular formula is C18H24ClNO3. The third-order valence-corrected chi connectivity index (χ3v) is 5.67. The molecule has 1 saturated carbocycles. The number of hydrogen-bond donors (Lipinski definition) is 1. The summed E-state index contributed by atoms with van der Waals surface area (Å²) in [6, 6.07) is 7.06. The van der Waals surface area contributed by atoms with Gasteiger partial charge in [0.2, 0.25) is 0 Å². The van der Waals surface area contributed by atoms with E-state index in [-0.39, 0.29) is 18.4 Å². The SMILES string of the molecule is CC[C@@]1(O)CCC[C@@H]2CN(C(=O)COc3cccc(Cl)c3)C[C@@H]21. The lowest BCUT2D eigenvalue weighted by Gasteiger charge is -2.40. The molecule has 5 heteroatoms. The predicted molar refractivity (Wildman–Crippen MR) is 89.6 cm³/mol. The van der Waals surface area contributed by atoms with Crippen LogP contribution in [-0.2, 0) is 4.79 Å². The Hall–Kier alpha value is -1.26. The van der Waals surface area contributed by atoms with Crippen LogP contribution in [0, 0.1) is 11.8 Å². The van der Waals surface area contributed by atoms with Gasteiger partial charge in [-0.15, -0.1) is 0 Å². The minimum Gasteiger partial charge on any atom is -0.484 e. The van der Waals surface area contributed by atoms with Crippen molar-refractivity contribution in [2.45, 2.75) is 38.2 Å². The summed E-state index contributed by atoms with van der Waals surface area (Å²) in [5.74, 6) is 1.21. The van der Waals surface area contributed by atoms with Gasteiger partial charge in [0.1, 0.15) is 5.75 Å². The molecule has 1 aliphatic heterocycles. The third-order valence-electron chi connectivity index (χ3n) is 5.44. The minimum absolute atomic E-state index is 0.0159. The molecule has 1 N–H and O–H groups in total. The van der Waals surface area contributed by atoms with E-state index in [1.165, 1.54) is 0 Å². The van der Waals surface area contributed by atoms with Crippen LogP contribution in [0.3, 0.4) is 0 Å². The van der Waals surface area contributed by atoms with E-state index in [0.717, 1.165) is 32.2 Å². The molecule has 2 aliphatic rings. The molecular weight excluding hydrogens is 314 g/mol. The molecule has 0 unspecified atom stereocenters. The molecule has 1 aromatic rings. The zero-order chi connectivity index (χ0) is 16.4. The van der Waals surface area contributed by atoms with Crippen molar-refractivity contribution in [3.63, 3.8) is 0 Å². The van der Waals surface area contributed by atoms with Crippen molar-refractivity contribution in [3.8, 4) is 5.75 Å². The van der Waals surface area contributed by atoms with Crippen molar-refractivity contribution in [3.05, 3.63) is 29.3 Å². The van der Waals surface area contributed by atoms with Crippen molar-refractivity contribution in [1.82, 2.24) is 4.90 Å². The molecule has 3 rings (SSSR count). The lowest BCUT2D eigenvalue weighted by molar-refractivity contribution is -0.132. The number of ether oxygens (including phenoxy) is 1. The minimum atomic E-state index is -0.605. The molecule has 23 heavy (non-hydrogen) atoms. The van der Waals surface area contributed by atoms with Gasteiger partial charge in [-0.2, -0.15) is 0 Å². The number of carbonyl (C=O) groups is 1. The first-order chi connectivity index (χ1) is 11.0. The van der Waals surface area contributed by atoms with E-state index in [2.05, 4.69) is 0 Å². The fourth-order valence-electron chi connectivity index (χ4n) is 4.06. The van der Waals surface area contributed by atoms with E-state index >= 15 is 0 Å². The van der Waals surface area contributed by atoms with Crippen LogP contribution >= 0.6 is 11.6 Å². The Morgan fingerprint density at radius 2 is 2.30 bits per heavy atom. The highest BCUT2D eigenvalue weighted by atomic mass is 35.5. The third kappa shape index (κ3) is 3.48. The summed E-state index contributed by atoms with van der Waals surface area (Å²) in [6.07, 6.45) is 3.76. The lowest BCUT2D eigenvalue weighted by Crippen LogP contribution is -2.44. The first-order valence-electron chi connectivity index (χ1n) is 8.40. The van der Waals surface area contributed by atoms with Crippen molar-refractivity contribution >= 4 is 17.5 Å². The topological polar surface area (TPSA) is 49.8 Å². The van der Waals surface area contributed by atoms with Crippen LogP contribution in [0.25, 0.3) is 0 Å². The molecule has 1 aromatic carbocycles. The fourth-order valence-corrected chi connectivity index (χ4v) is 4.24. The van der Waals surface area contributed by atoms with Crippen molar-refractivity contribution in [2.75, 3.05) is 19.7 Å². The van der Waals surface area contributed by atoms with Crippen LogP contribution in [-0.4, -0.2) is 41.2 Å². The van der Waals surface area contributed by atoms with Gasteiger partial charge in [0, 0.05) is 24.0 Å². The van der Waals surface area contributed by atoms with E-state index in [0.29, 0.717) is 23.2 Å². The molecule has 1 saturated heterocycles. The highest BCUT2D eigenvalue weighted by Gasteiger charge is 2.48. The van der Waals surface area contributed by atoms with Crippen LogP contribution in [0.15, 0.2) is 24.3 Å². The molecule has 0 aromatic heterocycles. The zero-order valence-electron chi connectivity index (χ0n) is 13.5. The highest BCUT2D eigenvalue weighted by molar-refractivity contribution is 6.30. The fraction of sp³-hybridized carbons (Fsp3) is 0.611. The van der Waals surface area contributed by atoms with Gasteiger partial charge >= 0.3 is 0 Å². The second-order valence-electron chi connectivity index (χ2n) is 6.76. The number of hydrogen-bond acceptors (Lipinski definition) is 3. The quantitative estimate of drug-likeness (QED) is 0.918. The Kier molecular flexibility index (Phi) is 4.83. The summed E-state index contributed by atoms with van der Waals surface area (Å²) in [5, 5.41) is 11.4. The van der Waals surface area contributed by atoms with Crippen molar-refractivity contribution < 1.29 is 14.6 Å². The predicted octanol–water partition coefficient (Wildman–Crippen LogP) is 3.12. The number of fused-ring (bicyclic) bond motifs is 1. The van der Waals surface area contributed by atoms with Gasteiger partial charge in [-0.05, 0) is 43.4 Å². The van der Waals surface area contributed by atoms with E-state index in [1.807, 2.05) is 11.8 Å². The molecule has 3 atom stereocenters. The normalized spacial score (nSPS) is 30.1. The molecule has 0 spiro atoms. The van der Waals surface area contributed by atoms with Crippen LogP contribution in [0.5, 0.6) is 5.75 Å². The second kappa shape index (κ2) is 6.70. The molecule has 1 heterocycles. The van der Waals surface area contributed by atoms with Gasteiger partial charge in [-0.3, -0.25) is 4.79 Å². The summed E-state index contributed by atoms with van der Waals surface area (Å²) in [7, 11) is 0. The second-order valence-corrected chi connectivity index (χ2v) is 7.20. The van der Waals surface area contributed by atoms with E-state index < -0.39 is 5.60 Å². The standard InChI is InChI=1S/C18H24ClNO3/c1-2-18(22)8-4-5-13-10-20(11-16(13)18)17(21)12-23-15-7-3-6-14(19)9-15/h3,6-7,9,13,16,22H,2,4-5,8,10-12H2,1H3/t13-,16+,18-/m1/s1. The molecule has 126 valence electrons. The maximum atomic E-state index is 12.4. The van der Waals surface area contributed by atoms with Crippen LogP contribution < -0.4 is 4.74 Å². The molecule has 2 fully saturated rings. The number of nitrogens with zero attached hydrogens (tertiary/aromatic N) is 1. The average molecular weight is 338 g/mol. The summed E-state index contributed by atoms with van der Waals surface area (Å²) in [5.41, 5.74) is -0.605. The Labute approximate surface area is 142 Å². The van der Waals surface area contributed by atoms with Gasteiger partial charge in [-0.25, -0.2) is 0 Å². The van der Waals surface area contributed by atoms with Crippen LogP contribution in [0.1, 0.15) is 32.6 Å². The lowest BCUT2D eigenvalue weighted by atomic mass is 9.69. The Morgan fingerprint density at radius 3 is 3.04 bits per heavy atom. The monoisotopic (exact) mass is 337 g/mol. The molecule has 4 nitrogen and oxygen atoms in total. The maximum Gasteiger partial charge on any atom is 0.260 e. The summed E-state index contributed by atoms with van der Waals surface area (Å²) < 4.78 is 5.55. The van der Waals surface area contributed by atoms with Crippen LogP contribution in [0.2, 0.25) is 5.02 Å². The summed E-state index contributed by atoms with van der Waals surface area (Å²) >= 11 is 5.91. The van der Waals surface area contributed by atoms with E-state index in [1.54, 1.807) is 24.3 Å². The Balaban J connectivity index is 1.59. The smallest absolute Gasteiger partial charge is 0.260 e. The maximum absolute atomic E-state index is 12.4. The van der Waals surface area contributed by atoms with Gasteiger partial charge in [0.05, 0.1) is 5.60 Å².